The Kier molecular flexibility index (Phi) is 45.2. The largest absolute Gasteiger partial charge is 6.00 e. The van der Waals surface area contributed by atoms with Gasteiger partial charge in [-0.2, -0.15) is 14.1 Å². The second-order valence-electron chi connectivity index (χ2n) is 5.11. The Labute approximate surface area is 169 Å². The zero-order valence-electron chi connectivity index (χ0n) is 17.3. The van der Waals surface area contributed by atoms with Crippen molar-refractivity contribution in [2.45, 2.75) is 91.6 Å². The molecule has 0 amide bonds. The average Bonchev–Trinajstić information content (AvgIpc) is 2.67. The molecule has 0 saturated heterocycles. The molecule has 0 aromatic rings. The first-order valence-electron chi connectivity index (χ1n) is 8.53. The molecule has 0 rings (SSSR count). The Hall–Kier alpha value is -0.197. The molecule has 7 heteroatoms. The zero-order chi connectivity index (χ0) is 20.0. The molecule has 4 atom stereocenters. The maximum atomic E-state index is 7.75. The van der Waals surface area contributed by atoms with E-state index < -0.39 is 0 Å². The fraction of sp³-hybridized carbons (Fsp3) is 0.889. The molecule has 0 aromatic carbocycles. The smallest absolute Gasteiger partial charge is 0.681 e. The number of rotatable bonds is 10. The minimum absolute atomic E-state index is 0. The molecule has 0 radical (unpaired) electrons. The molecule has 0 aliphatic carbocycles. The summed E-state index contributed by atoms with van der Waals surface area (Å²) in [4.78, 5) is 15.5. The van der Waals surface area contributed by atoms with Gasteiger partial charge in [-0.15, -0.1) is 12.1 Å². The van der Waals surface area contributed by atoms with Crippen LogP contribution < -0.4 is 0 Å². The van der Waals surface area contributed by atoms with Crippen molar-refractivity contribution in [3.8, 4) is 0 Å². The van der Waals surface area contributed by atoms with Gasteiger partial charge in [-0.05, 0) is 0 Å². The van der Waals surface area contributed by atoms with Gasteiger partial charge in [0.05, 0.1) is 0 Å². The molecule has 150 valence electrons. The van der Waals surface area contributed by atoms with Crippen molar-refractivity contribution in [1.29, 1.82) is 0 Å². The molecule has 0 aliphatic heterocycles. The van der Waals surface area contributed by atoms with Gasteiger partial charge in [0.15, 0.2) is 0 Å². The Morgan fingerprint density at radius 2 is 0.880 bits per heavy atom. The van der Waals surface area contributed by atoms with E-state index in [0.29, 0.717) is 12.1 Å². The number of hydrogen-bond donors (Lipinski definition) is 0. The summed E-state index contributed by atoms with van der Waals surface area (Å²) in [7, 11) is 3.67. The molecular weight excluding hydrogens is 405 g/mol. The minimum Gasteiger partial charge on any atom is -0.681 e. The van der Waals surface area contributed by atoms with Gasteiger partial charge in [0.2, 0.25) is 0 Å². The maximum absolute atomic E-state index is 7.75. The van der Waals surface area contributed by atoms with Gasteiger partial charge in [0.1, 0.15) is 0 Å². The monoisotopic (exact) mass is 444 g/mol. The summed E-state index contributed by atoms with van der Waals surface area (Å²) in [5.41, 5.74) is 0. The van der Waals surface area contributed by atoms with Crippen LogP contribution >= 0.6 is 0 Å². The number of carbonyl (C=O) groups excluding carboxylic acids is 2. The maximum Gasteiger partial charge on any atom is 6.00 e. The van der Waals surface area contributed by atoms with Gasteiger partial charge >= 0.3 is 19.5 Å². The Bertz CT molecular complexity index is 197. The van der Waals surface area contributed by atoms with Crippen molar-refractivity contribution < 1.29 is 29.1 Å². The summed E-state index contributed by atoms with van der Waals surface area (Å²) in [6.45, 7) is 19.3. The minimum atomic E-state index is 0. The quantitative estimate of drug-likeness (QED) is 0.262. The van der Waals surface area contributed by atoms with Gasteiger partial charge in [-0.25, -0.2) is 12.3 Å². The molecule has 0 aromatic heterocycles. The normalized spacial score (nSPS) is 13.8. The molecule has 0 bridgehead atoms. The van der Waals surface area contributed by atoms with Crippen LogP contribution in [0.15, 0.2) is 0 Å². The van der Waals surface area contributed by atoms with Crippen LogP contribution in [0.5, 0.6) is 0 Å². The van der Waals surface area contributed by atoms with Crippen molar-refractivity contribution in [3.63, 3.8) is 0 Å². The van der Waals surface area contributed by atoms with Crippen molar-refractivity contribution in [1.82, 2.24) is 0 Å². The second kappa shape index (κ2) is 31.6. The average molecular weight is 444 g/mol. The third-order valence-electron chi connectivity index (χ3n) is 3.36. The van der Waals surface area contributed by atoms with E-state index >= 15 is 0 Å². The van der Waals surface area contributed by atoms with Crippen LogP contribution in [0.1, 0.15) is 67.2 Å². The van der Waals surface area contributed by atoms with E-state index in [9.17, 15) is 0 Å². The molecule has 6 nitrogen and oxygen atoms in total. The summed E-state index contributed by atoms with van der Waals surface area (Å²) in [5, 5.41) is 17.2. The molecule has 4 unspecified atom stereocenters. The number of nitrogens with zero attached hydrogens (tertiary/aromatic N) is 4. The third kappa shape index (κ3) is 28.9. The predicted molar refractivity (Wildman–Crippen MR) is 106 cm³/mol. The van der Waals surface area contributed by atoms with Crippen molar-refractivity contribution in [3.05, 3.63) is 21.3 Å². The molecule has 0 fully saturated rings. The van der Waals surface area contributed by atoms with Crippen molar-refractivity contribution in [2.24, 2.45) is 0 Å². The van der Waals surface area contributed by atoms with E-state index in [0.717, 1.165) is 25.7 Å². The van der Waals surface area contributed by atoms with Gasteiger partial charge in [-0.3, -0.25) is 13.6 Å². The summed E-state index contributed by atoms with van der Waals surface area (Å²) in [6.07, 6.45) is 4.75. The summed E-state index contributed by atoms with van der Waals surface area (Å²) in [5.74, 6) is 0. The Balaban J connectivity index is -0.0000000858. The van der Waals surface area contributed by atoms with Crippen LogP contribution in [-0.2, 0) is 29.1 Å². The van der Waals surface area contributed by atoms with Crippen LogP contribution in [0.25, 0.3) is 21.3 Å². The first kappa shape index (κ1) is 35.8. The first-order chi connectivity index (χ1) is 11.5. The topological polar surface area (TPSA) is 90.5 Å². The van der Waals surface area contributed by atoms with Gasteiger partial charge in [0.25, 0.3) is 0 Å². The Morgan fingerprint density at radius 3 is 1.00 bits per heavy atom. The predicted octanol–water partition coefficient (Wildman–Crippen LogP) is 5.25. The standard InChI is InChI=1S/2C8H18N2.2CHO.Ru/c2*1-5-7(3)10-8(6-2)9-4;2*1-2;/h2*7-8H,5-6H2,1-4H3;2*1H;/q2*-2;2*-1;+6. The van der Waals surface area contributed by atoms with Crippen LogP contribution in [0.2, 0.25) is 0 Å². The van der Waals surface area contributed by atoms with Crippen LogP contribution in [-0.4, -0.2) is 52.1 Å². The van der Waals surface area contributed by atoms with Crippen molar-refractivity contribution >= 4 is 13.6 Å². The van der Waals surface area contributed by atoms with E-state index in [2.05, 4.69) is 76.4 Å². The van der Waals surface area contributed by atoms with Crippen LogP contribution in [0.4, 0.5) is 0 Å². The summed E-state index contributed by atoms with van der Waals surface area (Å²) < 4.78 is 0. The van der Waals surface area contributed by atoms with E-state index in [-0.39, 0.29) is 31.8 Å². The summed E-state index contributed by atoms with van der Waals surface area (Å²) in [6, 6.07) is 0.933. The molecule has 0 aliphatic rings. The van der Waals surface area contributed by atoms with E-state index in [4.69, 9.17) is 9.59 Å². The van der Waals surface area contributed by atoms with E-state index in [1.807, 2.05) is 14.1 Å². The molecule has 25 heavy (non-hydrogen) atoms. The molecule has 0 spiro atoms. The SMILES string of the molecule is CCC(C)[N-]C(CC)[N-]C.CCC(C)[N-]C(CC)[N-]C.[CH-]=O.[CH-]=O.[Ru+6]. The zero-order valence-corrected chi connectivity index (χ0v) is 19.0. The van der Waals surface area contributed by atoms with Gasteiger partial charge < -0.3 is 30.9 Å². The summed E-state index contributed by atoms with van der Waals surface area (Å²) >= 11 is 0. The van der Waals surface area contributed by atoms with E-state index in [1.165, 1.54) is 0 Å². The molecular formula is C18H38N4O2Ru. The van der Waals surface area contributed by atoms with Gasteiger partial charge in [-0.1, -0.05) is 67.2 Å². The van der Waals surface area contributed by atoms with E-state index in [1.54, 1.807) is 0 Å². The molecule has 0 saturated carbocycles. The third-order valence-corrected chi connectivity index (χ3v) is 3.36. The van der Waals surface area contributed by atoms with Crippen LogP contribution in [0, 0.1) is 0 Å². The first-order valence-corrected chi connectivity index (χ1v) is 8.53. The van der Waals surface area contributed by atoms with Crippen LogP contribution in [0.3, 0.4) is 0 Å². The van der Waals surface area contributed by atoms with Crippen molar-refractivity contribution in [2.75, 3.05) is 14.1 Å². The number of hydrogen-bond acceptors (Lipinski definition) is 2. The second-order valence-corrected chi connectivity index (χ2v) is 5.11. The fourth-order valence-corrected chi connectivity index (χ4v) is 1.51. The fourth-order valence-electron chi connectivity index (χ4n) is 1.51. The molecule has 0 N–H and O–H groups in total. The van der Waals surface area contributed by atoms with Gasteiger partial charge in [0, 0.05) is 0 Å². The molecule has 0 heterocycles. The Morgan fingerprint density at radius 1 is 0.640 bits per heavy atom.